The molecule has 4 rings (SSSR count). The van der Waals surface area contributed by atoms with Crippen LogP contribution >= 0.6 is 0 Å². The van der Waals surface area contributed by atoms with Crippen molar-refractivity contribution in [3.8, 4) is 22.8 Å². The van der Waals surface area contributed by atoms with Crippen LogP contribution in [0.4, 0.5) is 5.82 Å². The molecular weight excluding hydrogens is 462 g/mol. The molecule has 4 aromatic rings. The Balaban J connectivity index is 1.65. The molecule has 0 aliphatic carbocycles. The van der Waals surface area contributed by atoms with E-state index in [1.165, 1.54) is 6.08 Å². The number of carbonyl (C=O) groups is 1. The van der Waals surface area contributed by atoms with Crippen LogP contribution < -0.4 is 14.8 Å². The van der Waals surface area contributed by atoms with Gasteiger partial charge in [-0.2, -0.15) is 0 Å². The van der Waals surface area contributed by atoms with E-state index in [0.29, 0.717) is 11.5 Å². The van der Waals surface area contributed by atoms with Crippen LogP contribution in [0.15, 0.2) is 79.0 Å². The molecule has 2 aromatic heterocycles. The zero-order valence-electron chi connectivity index (χ0n) is 22.4. The van der Waals surface area contributed by atoms with Crippen LogP contribution in [0, 0.1) is 5.41 Å². The maximum atomic E-state index is 12.5. The highest BCUT2D eigenvalue weighted by molar-refractivity contribution is 5.89. The average molecular weight is 498 g/mol. The fourth-order valence-electron chi connectivity index (χ4n) is 4.78. The summed E-state index contributed by atoms with van der Waals surface area (Å²) in [5, 5.41) is 3.75. The number of hydrogen-bond donors (Lipinski definition) is 1. The second kappa shape index (κ2) is 10.5. The second-order valence-corrected chi connectivity index (χ2v) is 11.0. The molecule has 0 amide bonds. The third-order valence-electron chi connectivity index (χ3n) is 5.82. The van der Waals surface area contributed by atoms with Gasteiger partial charge in [-0.05, 0) is 67.7 Å². The second-order valence-electron chi connectivity index (χ2n) is 11.0. The summed E-state index contributed by atoms with van der Waals surface area (Å²) in [6.45, 7) is 11.1. The third kappa shape index (κ3) is 6.58. The summed E-state index contributed by atoms with van der Waals surface area (Å²) in [4.78, 5) is 17.4. The van der Waals surface area contributed by atoms with Gasteiger partial charge < -0.3 is 14.8 Å². The minimum atomic E-state index is -0.478. The molecule has 37 heavy (non-hydrogen) atoms. The van der Waals surface area contributed by atoms with E-state index in [2.05, 4.69) is 44.3 Å². The van der Waals surface area contributed by atoms with Crippen molar-refractivity contribution in [2.45, 2.75) is 46.6 Å². The molecule has 6 heteroatoms. The topological polar surface area (TPSA) is 64.9 Å². The minimum Gasteiger partial charge on any atom is -0.493 e. The number of nitrogens with zero attached hydrogens (tertiary/aromatic N) is 2. The largest absolute Gasteiger partial charge is 0.493 e. The van der Waals surface area contributed by atoms with Crippen molar-refractivity contribution in [3.05, 3.63) is 84.6 Å². The molecule has 6 nitrogen and oxygen atoms in total. The Morgan fingerprint density at radius 3 is 2.41 bits per heavy atom. The van der Waals surface area contributed by atoms with Gasteiger partial charge in [-0.3, -0.25) is 4.40 Å². The quantitative estimate of drug-likeness (QED) is 0.158. The Morgan fingerprint density at radius 2 is 1.70 bits per heavy atom. The normalized spacial score (nSPS) is 12.2. The lowest BCUT2D eigenvalue weighted by molar-refractivity contribution is -0.129. The summed E-state index contributed by atoms with van der Waals surface area (Å²) in [6.07, 6.45) is 6.10. The van der Waals surface area contributed by atoms with E-state index in [1.807, 2.05) is 66.9 Å². The highest BCUT2D eigenvalue weighted by Gasteiger charge is 2.28. The van der Waals surface area contributed by atoms with Gasteiger partial charge in [0.15, 0.2) is 11.5 Å². The van der Waals surface area contributed by atoms with Crippen LogP contribution in [0.1, 0.15) is 46.6 Å². The molecule has 0 saturated carbocycles. The standard InChI is InChI=1S/C31H35N3O3/c1-30(2,3)21-31(4,5)33-29-28(32-26-14-10-11-19-34(26)29)23-16-17-24(25(20-23)36-6)37-27(35)18-15-22-12-8-7-9-13-22/h7-20,33H,21H2,1-6H3/b18-15+. The van der Waals surface area contributed by atoms with Gasteiger partial charge in [-0.1, -0.05) is 57.2 Å². The Hall–Kier alpha value is -4.06. The van der Waals surface area contributed by atoms with Gasteiger partial charge in [-0.25, -0.2) is 9.78 Å². The first-order valence-corrected chi connectivity index (χ1v) is 12.4. The lowest BCUT2D eigenvalue weighted by atomic mass is 9.82. The molecule has 0 aliphatic rings. The predicted octanol–water partition coefficient (Wildman–Crippen LogP) is 7.26. The number of esters is 1. The van der Waals surface area contributed by atoms with E-state index in [-0.39, 0.29) is 11.0 Å². The molecule has 2 heterocycles. The van der Waals surface area contributed by atoms with Crippen LogP contribution in [-0.2, 0) is 4.79 Å². The zero-order chi connectivity index (χ0) is 26.6. The van der Waals surface area contributed by atoms with E-state index < -0.39 is 5.97 Å². The van der Waals surface area contributed by atoms with Crippen molar-refractivity contribution < 1.29 is 14.3 Å². The molecule has 0 unspecified atom stereocenters. The van der Waals surface area contributed by atoms with E-state index >= 15 is 0 Å². The number of rotatable bonds is 8. The van der Waals surface area contributed by atoms with Crippen LogP contribution in [0.3, 0.4) is 0 Å². The summed E-state index contributed by atoms with van der Waals surface area (Å²) in [7, 11) is 1.56. The molecule has 0 radical (unpaired) electrons. The van der Waals surface area contributed by atoms with Gasteiger partial charge in [0.05, 0.1) is 7.11 Å². The zero-order valence-corrected chi connectivity index (χ0v) is 22.4. The van der Waals surface area contributed by atoms with E-state index in [4.69, 9.17) is 14.5 Å². The first-order chi connectivity index (χ1) is 17.5. The number of aromatic nitrogens is 2. The van der Waals surface area contributed by atoms with Crippen molar-refractivity contribution >= 4 is 23.5 Å². The van der Waals surface area contributed by atoms with Crippen molar-refractivity contribution in [1.29, 1.82) is 0 Å². The summed E-state index contributed by atoms with van der Waals surface area (Å²) in [6, 6.07) is 21.0. The third-order valence-corrected chi connectivity index (χ3v) is 5.82. The number of imidazole rings is 1. The lowest BCUT2D eigenvalue weighted by Gasteiger charge is -2.34. The molecule has 1 N–H and O–H groups in total. The van der Waals surface area contributed by atoms with Gasteiger partial charge in [0.1, 0.15) is 17.2 Å². The molecule has 0 bridgehead atoms. The Bertz CT molecular complexity index is 1410. The molecule has 0 fully saturated rings. The number of fused-ring (bicyclic) bond motifs is 1. The molecule has 192 valence electrons. The Morgan fingerprint density at radius 1 is 0.973 bits per heavy atom. The van der Waals surface area contributed by atoms with Gasteiger partial charge in [0, 0.05) is 23.4 Å². The highest BCUT2D eigenvalue weighted by atomic mass is 16.6. The fraction of sp³-hybridized carbons (Fsp3) is 0.290. The number of anilines is 1. The average Bonchev–Trinajstić information content (AvgIpc) is 3.20. The number of ether oxygens (including phenoxy) is 2. The molecule has 0 atom stereocenters. The monoisotopic (exact) mass is 497 g/mol. The van der Waals surface area contributed by atoms with Gasteiger partial charge >= 0.3 is 5.97 Å². The summed E-state index contributed by atoms with van der Waals surface area (Å²) in [5.41, 5.74) is 3.39. The Labute approximate surface area is 219 Å². The first kappa shape index (κ1) is 26.0. The number of methoxy groups -OCH3 is 1. The van der Waals surface area contributed by atoms with Gasteiger partial charge in [0.2, 0.25) is 0 Å². The van der Waals surface area contributed by atoms with Crippen LogP contribution in [0.5, 0.6) is 11.5 Å². The summed E-state index contributed by atoms with van der Waals surface area (Å²) >= 11 is 0. The molecule has 0 saturated heterocycles. The minimum absolute atomic E-state index is 0.154. The van der Waals surface area contributed by atoms with Crippen molar-refractivity contribution in [1.82, 2.24) is 9.38 Å². The number of hydrogen-bond acceptors (Lipinski definition) is 5. The van der Waals surface area contributed by atoms with Crippen LogP contribution in [0.2, 0.25) is 0 Å². The number of pyridine rings is 1. The smallest absolute Gasteiger partial charge is 0.336 e. The summed E-state index contributed by atoms with van der Waals surface area (Å²) in [5.74, 6) is 1.23. The maximum absolute atomic E-state index is 12.5. The van der Waals surface area contributed by atoms with E-state index in [1.54, 1.807) is 19.3 Å². The van der Waals surface area contributed by atoms with Gasteiger partial charge in [-0.15, -0.1) is 0 Å². The summed E-state index contributed by atoms with van der Waals surface area (Å²) < 4.78 is 13.2. The first-order valence-electron chi connectivity index (χ1n) is 12.4. The number of carbonyl (C=O) groups excluding carboxylic acids is 1. The molecule has 2 aromatic carbocycles. The highest BCUT2D eigenvalue weighted by Crippen LogP contribution is 2.38. The SMILES string of the molecule is COc1cc(-c2nc3ccccn3c2NC(C)(C)CC(C)(C)C)ccc1OC(=O)/C=C/c1ccccc1. The van der Waals surface area contributed by atoms with Crippen molar-refractivity contribution in [2.24, 2.45) is 5.41 Å². The lowest BCUT2D eigenvalue weighted by Crippen LogP contribution is -2.36. The molecule has 0 aliphatic heterocycles. The molecule has 0 spiro atoms. The van der Waals surface area contributed by atoms with E-state index in [9.17, 15) is 4.79 Å². The Kier molecular flexibility index (Phi) is 7.39. The van der Waals surface area contributed by atoms with Crippen LogP contribution in [-0.4, -0.2) is 28.0 Å². The number of benzene rings is 2. The van der Waals surface area contributed by atoms with E-state index in [0.717, 1.165) is 34.7 Å². The van der Waals surface area contributed by atoms with Gasteiger partial charge in [0.25, 0.3) is 0 Å². The van der Waals surface area contributed by atoms with Crippen LogP contribution in [0.25, 0.3) is 23.0 Å². The molecular formula is C31H35N3O3. The fourth-order valence-corrected chi connectivity index (χ4v) is 4.78. The predicted molar refractivity (Wildman–Crippen MR) is 150 cm³/mol. The maximum Gasteiger partial charge on any atom is 0.336 e. The van der Waals surface area contributed by atoms with Crippen molar-refractivity contribution in [2.75, 3.05) is 12.4 Å². The number of nitrogens with one attached hydrogen (secondary N) is 1. The van der Waals surface area contributed by atoms with Crippen molar-refractivity contribution in [3.63, 3.8) is 0 Å².